The number of carbonyl (C=O) groups excluding carboxylic acids is 1. The van der Waals surface area contributed by atoms with Crippen molar-refractivity contribution in [2.24, 2.45) is 0 Å². The molecule has 0 saturated heterocycles. The van der Waals surface area contributed by atoms with Crippen LogP contribution in [0.2, 0.25) is 0 Å². The molecule has 1 amide bonds. The van der Waals surface area contributed by atoms with Gasteiger partial charge >= 0.3 is 0 Å². The Morgan fingerprint density at radius 1 is 1.26 bits per heavy atom. The van der Waals surface area contributed by atoms with Crippen LogP contribution in [0, 0.1) is 6.92 Å². The second kappa shape index (κ2) is 8.32. The summed E-state index contributed by atoms with van der Waals surface area (Å²) in [6.45, 7) is 7.83. The first kappa shape index (κ1) is 17.0. The molecule has 0 spiro atoms. The fraction of sp³-hybridized carbons (Fsp3) is 0.368. The third-order valence-corrected chi connectivity index (χ3v) is 3.81. The fourth-order valence-electron chi connectivity index (χ4n) is 2.30. The Labute approximate surface area is 138 Å². The first-order valence-electron chi connectivity index (χ1n) is 8.10. The summed E-state index contributed by atoms with van der Waals surface area (Å²) < 4.78 is 1.94. The van der Waals surface area contributed by atoms with Crippen LogP contribution >= 0.6 is 0 Å². The second-order valence-corrected chi connectivity index (χ2v) is 6.00. The third kappa shape index (κ3) is 5.40. The molecule has 4 nitrogen and oxygen atoms in total. The number of aryl methyl sites for hydroxylation is 2. The van der Waals surface area contributed by atoms with E-state index < -0.39 is 0 Å². The normalized spacial score (nSPS) is 11.3. The zero-order chi connectivity index (χ0) is 16.7. The highest BCUT2D eigenvalue weighted by Gasteiger charge is 1.99. The summed E-state index contributed by atoms with van der Waals surface area (Å²) in [5, 5.41) is 7.12. The Morgan fingerprint density at radius 2 is 2.00 bits per heavy atom. The van der Waals surface area contributed by atoms with Crippen molar-refractivity contribution in [1.82, 2.24) is 15.1 Å². The summed E-state index contributed by atoms with van der Waals surface area (Å²) in [5.41, 5.74) is 3.48. The number of benzene rings is 1. The van der Waals surface area contributed by atoms with Crippen LogP contribution in [0.5, 0.6) is 0 Å². The average Bonchev–Trinajstić information content (AvgIpc) is 2.95. The molecule has 0 aliphatic heterocycles. The van der Waals surface area contributed by atoms with Crippen LogP contribution in [-0.4, -0.2) is 22.2 Å². The van der Waals surface area contributed by atoms with Gasteiger partial charge in [0.05, 0.1) is 0 Å². The number of amides is 1. The molecule has 0 radical (unpaired) electrons. The molecule has 0 unspecified atom stereocenters. The van der Waals surface area contributed by atoms with Gasteiger partial charge in [-0.3, -0.25) is 9.48 Å². The molecular formula is C19H25N3O. The summed E-state index contributed by atoms with van der Waals surface area (Å²) >= 11 is 0. The predicted octanol–water partition coefficient (Wildman–Crippen LogP) is 3.53. The van der Waals surface area contributed by atoms with E-state index in [1.807, 2.05) is 35.9 Å². The van der Waals surface area contributed by atoms with Crippen molar-refractivity contribution >= 4 is 12.0 Å². The van der Waals surface area contributed by atoms with Gasteiger partial charge in [0.2, 0.25) is 5.91 Å². The van der Waals surface area contributed by atoms with Crippen LogP contribution in [0.1, 0.15) is 43.0 Å². The number of hydrogen-bond acceptors (Lipinski definition) is 2. The van der Waals surface area contributed by atoms with Gasteiger partial charge in [-0.05, 0) is 42.5 Å². The minimum absolute atomic E-state index is 0.0601. The van der Waals surface area contributed by atoms with Gasteiger partial charge < -0.3 is 5.32 Å². The second-order valence-electron chi connectivity index (χ2n) is 6.00. The van der Waals surface area contributed by atoms with Gasteiger partial charge in [-0.25, -0.2) is 0 Å². The fourth-order valence-corrected chi connectivity index (χ4v) is 2.30. The molecule has 0 saturated carbocycles. The highest BCUT2D eigenvalue weighted by molar-refractivity contribution is 5.91. The predicted molar refractivity (Wildman–Crippen MR) is 94.2 cm³/mol. The third-order valence-electron chi connectivity index (χ3n) is 3.81. The standard InChI is InChI=1S/C19H25N3O/c1-15(2)18-8-5-17(6-9-18)7-10-19(23)20-12-4-14-22-16(3)11-13-21-22/h5-11,13,15H,4,12,14H2,1-3H3,(H,20,23)/b10-7+. The van der Waals surface area contributed by atoms with Crippen LogP contribution in [0.25, 0.3) is 6.08 Å². The minimum Gasteiger partial charge on any atom is -0.352 e. The lowest BCUT2D eigenvalue weighted by Crippen LogP contribution is -2.23. The Kier molecular flexibility index (Phi) is 6.15. The molecule has 1 heterocycles. The Balaban J connectivity index is 1.72. The molecule has 23 heavy (non-hydrogen) atoms. The maximum Gasteiger partial charge on any atom is 0.244 e. The smallest absolute Gasteiger partial charge is 0.244 e. The van der Waals surface area contributed by atoms with Crippen molar-refractivity contribution in [3.8, 4) is 0 Å². The minimum atomic E-state index is -0.0601. The maximum atomic E-state index is 11.8. The average molecular weight is 311 g/mol. The molecule has 4 heteroatoms. The summed E-state index contributed by atoms with van der Waals surface area (Å²) in [6.07, 6.45) is 6.09. The molecule has 1 aromatic carbocycles. The van der Waals surface area contributed by atoms with Gasteiger partial charge in [0, 0.05) is 31.1 Å². The number of hydrogen-bond donors (Lipinski definition) is 1. The zero-order valence-corrected chi connectivity index (χ0v) is 14.1. The van der Waals surface area contributed by atoms with Crippen molar-refractivity contribution < 1.29 is 4.79 Å². The van der Waals surface area contributed by atoms with E-state index in [-0.39, 0.29) is 5.91 Å². The first-order chi connectivity index (χ1) is 11.1. The van der Waals surface area contributed by atoms with E-state index in [2.05, 4.69) is 36.4 Å². The van der Waals surface area contributed by atoms with Gasteiger partial charge in [0.25, 0.3) is 0 Å². The van der Waals surface area contributed by atoms with Gasteiger partial charge in [-0.2, -0.15) is 5.10 Å². The molecule has 0 aliphatic carbocycles. The number of carbonyl (C=O) groups is 1. The number of aromatic nitrogens is 2. The van der Waals surface area contributed by atoms with Gasteiger partial charge in [0.1, 0.15) is 0 Å². The highest BCUT2D eigenvalue weighted by atomic mass is 16.1. The van der Waals surface area contributed by atoms with Crippen LogP contribution in [-0.2, 0) is 11.3 Å². The molecule has 1 aromatic heterocycles. The van der Waals surface area contributed by atoms with Gasteiger partial charge in [-0.1, -0.05) is 38.1 Å². The first-order valence-corrected chi connectivity index (χ1v) is 8.10. The van der Waals surface area contributed by atoms with E-state index in [9.17, 15) is 4.79 Å². The lowest BCUT2D eigenvalue weighted by atomic mass is 10.0. The Hall–Kier alpha value is -2.36. The largest absolute Gasteiger partial charge is 0.352 e. The van der Waals surface area contributed by atoms with Crippen LogP contribution in [0.15, 0.2) is 42.6 Å². The van der Waals surface area contributed by atoms with Crippen molar-refractivity contribution in [2.75, 3.05) is 6.54 Å². The molecule has 0 atom stereocenters. The Bertz CT molecular complexity index is 654. The molecule has 122 valence electrons. The van der Waals surface area contributed by atoms with Crippen LogP contribution < -0.4 is 5.32 Å². The zero-order valence-electron chi connectivity index (χ0n) is 14.1. The van der Waals surface area contributed by atoms with Crippen molar-refractivity contribution in [2.45, 2.75) is 39.7 Å². The SMILES string of the molecule is Cc1ccnn1CCCNC(=O)/C=C/c1ccc(C(C)C)cc1. The molecule has 0 bridgehead atoms. The maximum absolute atomic E-state index is 11.8. The van der Waals surface area contributed by atoms with E-state index in [1.165, 1.54) is 5.56 Å². The van der Waals surface area contributed by atoms with Gasteiger partial charge in [-0.15, -0.1) is 0 Å². The summed E-state index contributed by atoms with van der Waals surface area (Å²) in [5.74, 6) is 0.463. The quantitative estimate of drug-likeness (QED) is 0.628. The number of nitrogens with zero attached hydrogens (tertiary/aromatic N) is 2. The van der Waals surface area contributed by atoms with E-state index in [0.29, 0.717) is 12.5 Å². The summed E-state index contributed by atoms with van der Waals surface area (Å²) in [7, 11) is 0. The van der Waals surface area contributed by atoms with Gasteiger partial charge in [0.15, 0.2) is 0 Å². The number of rotatable bonds is 7. The monoisotopic (exact) mass is 311 g/mol. The van der Waals surface area contributed by atoms with Crippen LogP contribution in [0.3, 0.4) is 0 Å². The molecule has 2 rings (SSSR count). The van der Waals surface area contributed by atoms with E-state index in [1.54, 1.807) is 12.3 Å². The van der Waals surface area contributed by atoms with E-state index in [4.69, 9.17) is 0 Å². The summed E-state index contributed by atoms with van der Waals surface area (Å²) in [6, 6.07) is 10.3. The summed E-state index contributed by atoms with van der Waals surface area (Å²) in [4.78, 5) is 11.8. The molecule has 1 N–H and O–H groups in total. The molecular weight excluding hydrogens is 286 g/mol. The molecule has 2 aromatic rings. The van der Waals surface area contributed by atoms with E-state index in [0.717, 1.165) is 24.2 Å². The molecule has 0 fully saturated rings. The van der Waals surface area contributed by atoms with Crippen molar-refractivity contribution in [3.05, 3.63) is 59.4 Å². The lowest BCUT2D eigenvalue weighted by Gasteiger charge is -2.05. The van der Waals surface area contributed by atoms with Crippen molar-refractivity contribution in [1.29, 1.82) is 0 Å². The lowest BCUT2D eigenvalue weighted by molar-refractivity contribution is -0.116. The van der Waals surface area contributed by atoms with Crippen molar-refractivity contribution in [3.63, 3.8) is 0 Å². The number of nitrogens with one attached hydrogen (secondary N) is 1. The highest BCUT2D eigenvalue weighted by Crippen LogP contribution is 2.15. The van der Waals surface area contributed by atoms with E-state index >= 15 is 0 Å². The molecule has 0 aliphatic rings. The topological polar surface area (TPSA) is 46.9 Å². The van der Waals surface area contributed by atoms with Crippen LogP contribution in [0.4, 0.5) is 0 Å². The Morgan fingerprint density at radius 3 is 2.61 bits per heavy atom.